The van der Waals surface area contributed by atoms with Gasteiger partial charge in [-0.05, 0) is 38.3 Å². The highest BCUT2D eigenvalue weighted by atomic mass is 16.5. The first-order chi connectivity index (χ1) is 10.7. The van der Waals surface area contributed by atoms with Crippen molar-refractivity contribution in [3.05, 3.63) is 23.5 Å². The minimum absolute atomic E-state index is 0.283. The zero-order chi connectivity index (χ0) is 15.2. The van der Waals surface area contributed by atoms with Crippen LogP contribution in [0.4, 0.5) is 0 Å². The number of nitrogens with zero attached hydrogens (tertiary/aromatic N) is 3. The Morgan fingerprint density at radius 3 is 2.91 bits per heavy atom. The predicted molar refractivity (Wildman–Crippen MR) is 83.5 cm³/mol. The molecule has 2 aliphatic heterocycles. The summed E-state index contributed by atoms with van der Waals surface area (Å²) in [5.41, 5.74) is 2.34. The van der Waals surface area contributed by atoms with Gasteiger partial charge in [-0.3, -0.25) is 4.90 Å². The molecule has 1 aromatic rings. The molecule has 2 fully saturated rings. The van der Waals surface area contributed by atoms with Crippen LogP contribution >= 0.6 is 0 Å². The summed E-state index contributed by atoms with van der Waals surface area (Å²) in [6.45, 7) is 6.93. The molecule has 1 saturated carbocycles. The Labute approximate surface area is 131 Å². The number of rotatable bonds is 2. The molecule has 0 bridgehead atoms. The van der Waals surface area contributed by atoms with Gasteiger partial charge in [0, 0.05) is 43.5 Å². The van der Waals surface area contributed by atoms with Crippen LogP contribution in [-0.2, 0) is 11.3 Å². The van der Waals surface area contributed by atoms with E-state index >= 15 is 0 Å². The highest BCUT2D eigenvalue weighted by molar-refractivity contribution is 5.29. The Bertz CT molecular complexity index is 588. The summed E-state index contributed by atoms with van der Waals surface area (Å²) in [4.78, 5) is 2.49. The lowest BCUT2D eigenvalue weighted by Gasteiger charge is -2.48. The van der Waals surface area contributed by atoms with Crippen LogP contribution in [-0.4, -0.2) is 47.4 Å². The summed E-state index contributed by atoms with van der Waals surface area (Å²) in [5.74, 6) is 0. The standard InChI is InChI=1S/C17H24N4O/c1-13-16-4-3-14(9-18)21(16)8-7-20(13)11-15-10-19-17(12-22-15)5-2-6-17/h3-4,13,15,19H,2,5-8,10-12H2,1H3. The number of aromatic nitrogens is 1. The molecule has 118 valence electrons. The van der Waals surface area contributed by atoms with Crippen molar-refractivity contribution in [3.8, 4) is 6.07 Å². The molecule has 5 heteroatoms. The van der Waals surface area contributed by atoms with Crippen LogP contribution in [0.2, 0.25) is 0 Å². The quantitative estimate of drug-likeness (QED) is 0.902. The minimum Gasteiger partial charge on any atom is -0.374 e. The van der Waals surface area contributed by atoms with Crippen LogP contribution in [0.1, 0.15) is 43.6 Å². The Morgan fingerprint density at radius 1 is 1.41 bits per heavy atom. The number of fused-ring (bicyclic) bond motifs is 1. The number of hydrogen-bond acceptors (Lipinski definition) is 4. The second kappa shape index (κ2) is 5.38. The van der Waals surface area contributed by atoms with E-state index in [-0.39, 0.29) is 6.10 Å². The fraction of sp³-hybridized carbons (Fsp3) is 0.706. The molecule has 0 aromatic carbocycles. The molecule has 1 aromatic heterocycles. The van der Waals surface area contributed by atoms with Gasteiger partial charge < -0.3 is 14.6 Å². The second-order valence-corrected chi connectivity index (χ2v) is 7.03. The van der Waals surface area contributed by atoms with E-state index in [1.807, 2.05) is 6.07 Å². The van der Waals surface area contributed by atoms with Crippen molar-refractivity contribution < 1.29 is 4.74 Å². The summed E-state index contributed by atoms with van der Waals surface area (Å²) < 4.78 is 8.30. The summed E-state index contributed by atoms with van der Waals surface area (Å²) in [6, 6.07) is 6.66. The molecule has 0 radical (unpaired) electrons. The number of morpholine rings is 1. The first-order valence-electron chi connectivity index (χ1n) is 8.41. The largest absolute Gasteiger partial charge is 0.374 e. The zero-order valence-electron chi connectivity index (χ0n) is 13.2. The molecule has 22 heavy (non-hydrogen) atoms. The summed E-state index contributed by atoms with van der Waals surface area (Å²) >= 11 is 0. The fourth-order valence-corrected chi connectivity index (χ4v) is 4.08. The molecule has 0 amide bonds. The van der Waals surface area contributed by atoms with Crippen molar-refractivity contribution >= 4 is 0 Å². The van der Waals surface area contributed by atoms with E-state index in [0.29, 0.717) is 11.6 Å². The van der Waals surface area contributed by atoms with Gasteiger partial charge in [-0.25, -0.2) is 0 Å². The van der Waals surface area contributed by atoms with Crippen LogP contribution in [0.3, 0.4) is 0 Å². The van der Waals surface area contributed by atoms with Gasteiger partial charge >= 0.3 is 0 Å². The first kappa shape index (κ1) is 14.3. The van der Waals surface area contributed by atoms with Gasteiger partial charge in [0.2, 0.25) is 0 Å². The summed E-state index contributed by atoms with van der Waals surface area (Å²) in [7, 11) is 0. The topological polar surface area (TPSA) is 53.2 Å². The molecule has 1 N–H and O–H groups in total. The number of ether oxygens (including phenoxy) is 1. The normalized spacial score (nSPS) is 30.5. The van der Waals surface area contributed by atoms with E-state index in [9.17, 15) is 0 Å². The van der Waals surface area contributed by atoms with Crippen LogP contribution in [0.25, 0.3) is 0 Å². The Morgan fingerprint density at radius 2 is 2.27 bits per heavy atom. The molecule has 3 heterocycles. The van der Waals surface area contributed by atoms with Crippen molar-refractivity contribution in [3.63, 3.8) is 0 Å². The summed E-state index contributed by atoms with van der Waals surface area (Å²) in [6.07, 6.45) is 4.15. The van der Waals surface area contributed by atoms with E-state index in [4.69, 9.17) is 10.00 Å². The number of hydrogen-bond donors (Lipinski definition) is 1. The van der Waals surface area contributed by atoms with Gasteiger partial charge in [-0.1, -0.05) is 0 Å². The molecule has 3 aliphatic rings. The molecule has 5 nitrogen and oxygen atoms in total. The molecule has 2 atom stereocenters. The number of nitriles is 1. The molecular formula is C17H24N4O. The lowest BCUT2D eigenvalue weighted by atomic mass is 9.76. The Hall–Kier alpha value is -1.35. The number of nitrogens with one attached hydrogen (secondary N) is 1. The van der Waals surface area contributed by atoms with Crippen molar-refractivity contribution in [2.75, 3.05) is 26.2 Å². The van der Waals surface area contributed by atoms with Crippen LogP contribution < -0.4 is 5.32 Å². The average Bonchev–Trinajstić information content (AvgIpc) is 2.93. The Kier molecular flexibility index (Phi) is 3.48. The third-order valence-corrected chi connectivity index (χ3v) is 5.76. The second-order valence-electron chi connectivity index (χ2n) is 7.03. The van der Waals surface area contributed by atoms with E-state index in [1.54, 1.807) is 0 Å². The van der Waals surface area contributed by atoms with Crippen molar-refractivity contribution in [1.82, 2.24) is 14.8 Å². The lowest BCUT2D eigenvalue weighted by Crippen LogP contribution is -2.62. The predicted octanol–water partition coefficient (Wildman–Crippen LogP) is 1.65. The van der Waals surface area contributed by atoms with Gasteiger partial charge in [-0.15, -0.1) is 0 Å². The third-order valence-electron chi connectivity index (χ3n) is 5.76. The molecule has 1 aliphatic carbocycles. The minimum atomic E-state index is 0.283. The Balaban J connectivity index is 1.39. The molecule has 4 rings (SSSR count). The maximum Gasteiger partial charge on any atom is 0.120 e. The third kappa shape index (κ3) is 2.26. The SMILES string of the molecule is CC1c2ccc(C#N)n2CCN1CC1CNC2(CCC2)CO1. The van der Waals surface area contributed by atoms with Crippen molar-refractivity contribution in [2.24, 2.45) is 0 Å². The highest BCUT2D eigenvalue weighted by Crippen LogP contribution is 2.35. The molecule has 1 saturated heterocycles. The van der Waals surface area contributed by atoms with Gasteiger partial charge in [0.1, 0.15) is 11.8 Å². The van der Waals surface area contributed by atoms with E-state index in [0.717, 1.165) is 38.5 Å². The average molecular weight is 300 g/mol. The van der Waals surface area contributed by atoms with Gasteiger partial charge in [0.25, 0.3) is 0 Å². The van der Waals surface area contributed by atoms with Gasteiger partial charge in [0.15, 0.2) is 0 Å². The molecular weight excluding hydrogens is 276 g/mol. The van der Waals surface area contributed by atoms with Crippen molar-refractivity contribution in [1.29, 1.82) is 5.26 Å². The van der Waals surface area contributed by atoms with Crippen molar-refractivity contribution in [2.45, 2.75) is 50.4 Å². The highest BCUT2D eigenvalue weighted by Gasteiger charge is 2.41. The van der Waals surface area contributed by atoms with Crippen LogP contribution in [0.15, 0.2) is 12.1 Å². The lowest BCUT2D eigenvalue weighted by molar-refractivity contribution is -0.0755. The smallest absolute Gasteiger partial charge is 0.120 e. The molecule has 1 spiro atoms. The monoisotopic (exact) mass is 300 g/mol. The van der Waals surface area contributed by atoms with E-state index < -0.39 is 0 Å². The fourth-order valence-electron chi connectivity index (χ4n) is 4.08. The van der Waals surface area contributed by atoms with Crippen LogP contribution in [0.5, 0.6) is 0 Å². The maximum absolute atomic E-state index is 9.16. The maximum atomic E-state index is 9.16. The van der Waals surface area contributed by atoms with E-state index in [2.05, 4.69) is 33.8 Å². The van der Waals surface area contributed by atoms with E-state index in [1.165, 1.54) is 25.0 Å². The first-order valence-corrected chi connectivity index (χ1v) is 8.41. The van der Waals surface area contributed by atoms with Crippen LogP contribution in [0, 0.1) is 11.3 Å². The van der Waals surface area contributed by atoms with Gasteiger partial charge in [0.05, 0.1) is 12.7 Å². The zero-order valence-corrected chi connectivity index (χ0v) is 13.2. The summed E-state index contributed by atoms with van der Waals surface area (Å²) in [5, 5.41) is 12.9. The molecule has 2 unspecified atom stereocenters. The van der Waals surface area contributed by atoms with Gasteiger partial charge in [-0.2, -0.15) is 5.26 Å².